The van der Waals surface area contributed by atoms with E-state index in [2.05, 4.69) is 19.2 Å². The van der Waals surface area contributed by atoms with Crippen molar-refractivity contribution in [1.29, 1.82) is 0 Å². The molecule has 1 N–H and O–H groups in total. The van der Waals surface area contributed by atoms with Crippen molar-refractivity contribution in [1.82, 2.24) is 5.32 Å². The molecule has 1 heterocycles. The molecule has 0 saturated carbocycles. The third-order valence-electron chi connectivity index (χ3n) is 5.54. The summed E-state index contributed by atoms with van der Waals surface area (Å²) in [6.07, 6.45) is 2.54. The first kappa shape index (κ1) is 25.7. The third-order valence-corrected chi connectivity index (χ3v) is 6.73. The number of nitrogens with zero attached hydrogens (tertiary/aromatic N) is 1. The van der Waals surface area contributed by atoms with Crippen molar-refractivity contribution in [3.05, 3.63) is 48.0 Å². The maximum absolute atomic E-state index is 12.8. The van der Waals surface area contributed by atoms with Crippen LogP contribution in [0, 0.1) is 5.92 Å². The van der Waals surface area contributed by atoms with E-state index in [1.54, 1.807) is 25.3 Å². The predicted octanol–water partition coefficient (Wildman–Crippen LogP) is 3.92. The lowest BCUT2D eigenvalue weighted by molar-refractivity contribution is -0.122. The van der Waals surface area contributed by atoms with Crippen LogP contribution >= 0.6 is 0 Å². The second-order valence-corrected chi connectivity index (χ2v) is 10.7. The lowest BCUT2D eigenvalue weighted by Gasteiger charge is -2.25. The number of rotatable bonds is 11. The minimum absolute atomic E-state index is 0.114. The van der Waals surface area contributed by atoms with Gasteiger partial charge in [0, 0.05) is 19.0 Å². The summed E-state index contributed by atoms with van der Waals surface area (Å²) in [5, 5.41) is 3.11. The monoisotopic (exact) mass is 490 g/mol. The third kappa shape index (κ3) is 7.03. The number of hydrogen-bond acceptors (Lipinski definition) is 6. The molecule has 1 aliphatic heterocycles. The largest absolute Gasteiger partial charge is 0.497 e. The molecule has 34 heavy (non-hydrogen) atoms. The highest BCUT2D eigenvalue weighted by Crippen LogP contribution is 2.34. The number of nitrogens with one attached hydrogen (secondary N) is 1. The van der Waals surface area contributed by atoms with Crippen LogP contribution in [-0.4, -0.2) is 47.4 Å². The summed E-state index contributed by atoms with van der Waals surface area (Å²) >= 11 is 0. The zero-order valence-corrected chi connectivity index (χ0v) is 21.1. The van der Waals surface area contributed by atoms with E-state index in [4.69, 9.17) is 14.2 Å². The van der Waals surface area contributed by atoms with Crippen molar-refractivity contribution in [3.63, 3.8) is 0 Å². The number of benzene rings is 2. The molecule has 3 rings (SSSR count). The summed E-state index contributed by atoms with van der Waals surface area (Å²) in [6.45, 7) is 5.29. The molecule has 9 heteroatoms. The number of amides is 1. The Kier molecular flexibility index (Phi) is 8.66. The van der Waals surface area contributed by atoms with Crippen LogP contribution in [0.4, 0.5) is 5.69 Å². The van der Waals surface area contributed by atoms with Gasteiger partial charge >= 0.3 is 0 Å². The summed E-state index contributed by atoms with van der Waals surface area (Å²) in [5.74, 6) is 2.16. The Bertz CT molecular complexity index is 1070. The Balaban J connectivity index is 1.63. The molecule has 1 amide bonds. The molecule has 0 aromatic heterocycles. The molecule has 2 aromatic carbocycles. The van der Waals surface area contributed by atoms with Crippen LogP contribution in [0.5, 0.6) is 17.2 Å². The Morgan fingerprint density at radius 3 is 2.38 bits per heavy atom. The number of hydrogen-bond donors (Lipinski definition) is 1. The van der Waals surface area contributed by atoms with E-state index in [0.29, 0.717) is 42.7 Å². The van der Waals surface area contributed by atoms with Crippen molar-refractivity contribution in [2.24, 2.45) is 5.92 Å². The average molecular weight is 491 g/mol. The van der Waals surface area contributed by atoms with Crippen LogP contribution in [-0.2, 0) is 14.8 Å². The fourth-order valence-electron chi connectivity index (χ4n) is 3.91. The number of carbonyl (C=O) groups is 1. The lowest BCUT2D eigenvalue weighted by Crippen LogP contribution is -2.33. The van der Waals surface area contributed by atoms with Crippen molar-refractivity contribution in [2.45, 2.75) is 39.2 Å². The normalized spacial score (nSPS) is 13.9. The van der Waals surface area contributed by atoms with Gasteiger partial charge in [-0.25, -0.2) is 8.42 Å². The first-order valence-electron chi connectivity index (χ1n) is 11.5. The minimum atomic E-state index is -3.54. The Labute approximate surface area is 202 Å². The van der Waals surface area contributed by atoms with E-state index in [1.807, 2.05) is 24.3 Å². The summed E-state index contributed by atoms with van der Waals surface area (Å²) < 4.78 is 42.5. The smallest absolute Gasteiger partial charge is 0.232 e. The molecule has 8 nitrogen and oxygen atoms in total. The number of ether oxygens (including phenoxy) is 3. The van der Waals surface area contributed by atoms with Gasteiger partial charge in [0.2, 0.25) is 15.9 Å². The number of sulfonamides is 1. The highest BCUT2D eigenvalue weighted by molar-refractivity contribution is 7.92. The zero-order chi connectivity index (χ0) is 24.7. The molecular weight excluding hydrogens is 456 g/mol. The number of methoxy groups -OCH3 is 1. The average Bonchev–Trinajstić information content (AvgIpc) is 2.80. The summed E-state index contributed by atoms with van der Waals surface area (Å²) in [4.78, 5) is 12.8. The fourth-order valence-corrected chi connectivity index (χ4v) is 4.87. The molecule has 0 saturated heterocycles. The molecule has 0 aliphatic carbocycles. The molecular formula is C25H34N2O6S. The molecule has 0 spiro atoms. The first-order chi connectivity index (χ1) is 16.2. The van der Waals surface area contributed by atoms with Gasteiger partial charge in [-0.2, -0.15) is 0 Å². The second-order valence-electron chi connectivity index (χ2n) is 8.79. The quantitative estimate of drug-likeness (QED) is 0.513. The highest BCUT2D eigenvalue weighted by atomic mass is 32.2. The van der Waals surface area contributed by atoms with Gasteiger partial charge in [0.05, 0.1) is 25.1 Å². The minimum Gasteiger partial charge on any atom is -0.497 e. The zero-order valence-electron chi connectivity index (χ0n) is 20.2. The summed E-state index contributed by atoms with van der Waals surface area (Å²) in [6, 6.07) is 12.6. The second kappa shape index (κ2) is 11.5. The first-order valence-corrected chi connectivity index (χ1v) is 13.3. The van der Waals surface area contributed by atoms with Crippen LogP contribution in [0.15, 0.2) is 42.5 Å². The summed E-state index contributed by atoms with van der Waals surface area (Å²) in [7, 11) is -1.92. The van der Waals surface area contributed by atoms with Gasteiger partial charge in [0.25, 0.3) is 0 Å². The summed E-state index contributed by atoms with van der Waals surface area (Å²) in [5.41, 5.74) is 1.50. The molecule has 2 aromatic rings. The SMILES string of the molecule is COc1ccc([C@@H](CC(C)C)NC(=O)CCCN(c2ccc3c(c2)OCCO3)S(C)(=O)=O)cc1. The maximum atomic E-state index is 12.8. The Hall–Kier alpha value is -2.94. The van der Waals surface area contributed by atoms with E-state index in [1.165, 1.54) is 4.31 Å². The lowest BCUT2D eigenvalue weighted by atomic mass is 9.96. The number of anilines is 1. The standard InChI is InChI=1S/C25H34N2O6S/c1-18(2)16-22(19-7-10-21(31-3)11-8-19)26-25(28)6-5-13-27(34(4,29)30)20-9-12-23-24(17-20)33-15-14-32-23/h7-12,17-18,22H,5-6,13-16H2,1-4H3,(H,26,28)/t22-/m1/s1. The molecule has 0 unspecified atom stereocenters. The highest BCUT2D eigenvalue weighted by Gasteiger charge is 2.22. The van der Waals surface area contributed by atoms with E-state index in [9.17, 15) is 13.2 Å². The number of carbonyl (C=O) groups excluding carboxylic acids is 1. The molecule has 1 aliphatic rings. The van der Waals surface area contributed by atoms with Gasteiger partial charge in [0.15, 0.2) is 11.5 Å². The van der Waals surface area contributed by atoms with Gasteiger partial charge in [-0.3, -0.25) is 9.10 Å². The number of fused-ring (bicyclic) bond motifs is 1. The molecule has 186 valence electrons. The van der Waals surface area contributed by atoms with Gasteiger partial charge in [-0.15, -0.1) is 0 Å². The van der Waals surface area contributed by atoms with Crippen LogP contribution in [0.25, 0.3) is 0 Å². The van der Waals surface area contributed by atoms with Crippen molar-refractivity contribution in [3.8, 4) is 17.2 Å². The van der Waals surface area contributed by atoms with E-state index in [0.717, 1.165) is 24.0 Å². The van der Waals surface area contributed by atoms with Gasteiger partial charge in [-0.05, 0) is 48.6 Å². The Morgan fingerprint density at radius 1 is 1.09 bits per heavy atom. The van der Waals surface area contributed by atoms with Crippen LogP contribution in [0.2, 0.25) is 0 Å². The Morgan fingerprint density at radius 2 is 1.76 bits per heavy atom. The molecule has 0 radical (unpaired) electrons. The van der Waals surface area contributed by atoms with Gasteiger partial charge in [0.1, 0.15) is 19.0 Å². The molecule has 1 atom stereocenters. The predicted molar refractivity (Wildman–Crippen MR) is 132 cm³/mol. The van der Waals surface area contributed by atoms with Gasteiger partial charge < -0.3 is 19.5 Å². The van der Waals surface area contributed by atoms with Crippen LogP contribution in [0.1, 0.15) is 44.7 Å². The van der Waals surface area contributed by atoms with E-state index in [-0.39, 0.29) is 24.9 Å². The molecule has 0 fully saturated rings. The topological polar surface area (TPSA) is 94.2 Å². The van der Waals surface area contributed by atoms with Gasteiger partial charge in [-0.1, -0.05) is 26.0 Å². The molecule has 0 bridgehead atoms. The van der Waals surface area contributed by atoms with E-state index < -0.39 is 10.0 Å². The van der Waals surface area contributed by atoms with Crippen LogP contribution in [0.3, 0.4) is 0 Å². The van der Waals surface area contributed by atoms with Crippen molar-refractivity contribution < 1.29 is 27.4 Å². The van der Waals surface area contributed by atoms with Crippen LogP contribution < -0.4 is 23.8 Å². The van der Waals surface area contributed by atoms with Crippen molar-refractivity contribution in [2.75, 3.05) is 37.4 Å². The fraction of sp³-hybridized carbons (Fsp3) is 0.480. The van der Waals surface area contributed by atoms with E-state index >= 15 is 0 Å². The van der Waals surface area contributed by atoms with Crippen molar-refractivity contribution >= 4 is 21.6 Å². The maximum Gasteiger partial charge on any atom is 0.232 e.